The molecule has 6 heteroatoms. The van der Waals surface area contributed by atoms with Gasteiger partial charge in [-0.05, 0) is 44.0 Å². The van der Waals surface area contributed by atoms with Gasteiger partial charge in [-0.2, -0.15) is 0 Å². The molecular weight excluding hydrogens is 256 g/mol. The first kappa shape index (κ1) is 13.0. The lowest BCUT2D eigenvalue weighted by atomic mass is 10.1. The van der Waals surface area contributed by atoms with E-state index >= 15 is 0 Å². The molecule has 0 unspecified atom stereocenters. The van der Waals surface area contributed by atoms with Crippen LogP contribution >= 0.6 is 11.3 Å². The Labute approximate surface area is 107 Å². The molecule has 4 nitrogen and oxygen atoms in total. The quantitative estimate of drug-likeness (QED) is 0.875. The van der Waals surface area contributed by atoms with E-state index in [1.165, 1.54) is 26.1 Å². The van der Waals surface area contributed by atoms with Gasteiger partial charge in [0.2, 0.25) is 0 Å². The molecule has 2 heterocycles. The van der Waals surface area contributed by atoms with Crippen molar-refractivity contribution in [2.24, 2.45) is 0 Å². The predicted molar refractivity (Wildman–Crippen MR) is 70.2 cm³/mol. The largest absolute Gasteiger partial charge is 0.316 e. The monoisotopic (exact) mass is 274 g/mol. The highest BCUT2D eigenvalue weighted by Gasteiger charge is 2.26. The van der Waals surface area contributed by atoms with Gasteiger partial charge in [-0.3, -0.25) is 0 Å². The zero-order valence-electron chi connectivity index (χ0n) is 10.4. The van der Waals surface area contributed by atoms with Crippen LogP contribution in [0.25, 0.3) is 0 Å². The fraction of sp³-hybridized carbons (Fsp3) is 0.636. The summed E-state index contributed by atoms with van der Waals surface area (Å²) in [6.07, 6.45) is 1.87. The number of thiophene rings is 1. The minimum atomic E-state index is -3.28. The number of sulfonamides is 1. The van der Waals surface area contributed by atoms with Crippen molar-refractivity contribution < 1.29 is 8.42 Å². The lowest BCUT2D eigenvalue weighted by molar-refractivity contribution is 0.522. The van der Waals surface area contributed by atoms with Crippen LogP contribution in [0.4, 0.5) is 0 Å². The summed E-state index contributed by atoms with van der Waals surface area (Å²) in [4.78, 5) is 1.23. The minimum absolute atomic E-state index is 0.523. The highest BCUT2D eigenvalue weighted by Crippen LogP contribution is 2.34. The Kier molecular flexibility index (Phi) is 3.58. The van der Waals surface area contributed by atoms with Gasteiger partial charge in [0.1, 0.15) is 4.21 Å². The SMILES string of the molecule is Cc1c(S(=O)(=O)N(C)C)sc2c1CCNCC2. The Morgan fingerprint density at radius 3 is 2.53 bits per heavy atom. The summed E-state index contributed by atoms with van der Waals surface area (Å²) in [5.41, 5.74) is 2.18. The van der Waals surface area contributed by atoms with Crippen LogP contribution in [0.3, 0.4) is 0 Å². The Morgan fingerprint density at radius 1 is 1.24 bits per heavy atom. The molecule has 17 heavy (non-hydrogen) atoms. The molecule has 96 valence electrons. The third-order valence-electron chi connectivity index (χ3n) is 3.11. The standard InChI is InChI=1S/C11H18N2O2S2/c1-8-9-4-6-12-7-5-10(9)16-11(8)17(14,15)13(2)3/h12H,4-7H2,1-3H3. The van der Waals surface area contributed by atoms with Gasteiger partial charge in [-0.15, -0.1) is 11.3 Å². The molecule has 0 bridgehead atoms. The van der Waals surface area contributed by atoms with E-state index in [1.54, 1.807) is 14.1 Å². The van der Waals surface area contributed by atoms with Gasteiger partial charge in [0.15, 0.2) is 0 Å². The molecule has 0 fully saturated rings. The Bertz CT molecular complexity index is 518. The molecule has 1 aliphatic rings. The van der Waals surface area contributed by atoms with Gasteiger partial charge in [0.05, 0.1) is 0 Å². The summed E-state index contributed by atoms with van der Waals surface area (Å²) in [7, 11) is -0.113. The van der Waals surface area contributed by atoms with Crippen molar-refractivity contribution in [1.82, 2.24) is 9.62 Å². The van der Waals surface area contributed by atoms with Crippen molar-refractivity contribution in [3.63, 3.8) is 0 Å². The number of fused-ring (bicyclic) bond motifs is 1. The van der Waals surface area contributed by atoms with Crippen LogP contribution in [0.5, 0.6) is 0 Å². The van der Waals surface area contributed by atoms with Crippen molar-refractivity contribution in [2.45, 2.75) is 24.0 Å². The fourth-order valence-corrected chi connectivity index (χ4v) is 5.16. The summed E-state index contributed by atoms with van der Waals surface area (Å²) in [5, 5.41) is 3.34. The van der Waals surface area contributed by atoms with Crippen LogP contribution in [0.2, 0.25) is 0 Å². The molecule has 0 radical (unpaired) electrons. The summed E-state index contributed by atoms with van der Waals surface area (Å²) >= 11 is 1.44. The van der Waals surface area contributed by atoms with E-state index in [-0.39, 0.29) is 0 Å². The van der Waals surface area contributed by atoms with Crippen LogP contribution in [0.1, 0.15) is 16.0 Å². The molecule has 1 aliphatic heterocycles. The Morgan fingerprint density at radius 2 is 1.88 bits per heavy atom. The van der Waals surface area contributed by atoms with Gasteiger partial charge in [-0.1, -0.05) is 0 Å². The van der Waals surface area contributed by atoms with Crippen LogP contribution in [-0.4, -0.2) is 39.9 Å². The van der Waals surface area contributed by atoms with Gasteiger partial charge in [0, 0.05) is 19.0 Å². The van der Waals surface area contributed by atoms with Gasteiger partial charge < -0.3 is 5.32 Å². The van der Waals surface area contributed by atoms with E-state index in [1.807, 2.05) is 6.92 Å². The maximum Gasteiger partial charge on any atom is 0.252 e. The van der Waals surface area contributed by atoms with E-state index < -0.39 is 10.0 Å². The van der Waals surface area contributed by atoms with Gasteiger partial charge in [-0.25, -0.2) is 12.7 Å². The Hall–Kier alpha value is -0.430. The van der Waals surface area contributed by atoms with Gasteiger partial charge in [0.25, 0.3) is 10.0 Å². The van der Waals surface area contributed by atoms with Crippen molar-refractivity contribution in [3.05, 3.63) is 16.0 Å². The lowest BCUT2D eigenvalue weighted by Gasteiger charge is -2.10. The number of hydrogen-bond donors (Lipinski definition) is 1. The second-order valence-corrected chi connectivity index (χ2v) is 7.91. The molecule has 0 aliphatic carbocycles. The molecule has 1 N–H and O–H groups in total. The van der Waals surface area contributed by atoms with Crippen molar-refractivity contribution in [1.29, 1.82) is 0 Å². The zero-order valence-corrected chi connectivity index (χ0v) is 12.0. The normalized spacial score (nSPS) is 16.9. The van der Waals surface area contributed by atoms with Crippen molar-refractivity contribution >= 4 is 21.4 Å². The summed E-state index contributed by atoms with van der Waals surface area (Å²) in [6, 6.07) is 0. The summed E-state index contributed by atoms with van der Waals surface area (Å²) in [6.45, 7) is 3.80. The molecule has 0 saturated carbocycles. The lowest BCUT2D eigenvalue weighted by Crippen LogP contribution is -2.22. The molecule has 2 rings (SSSR count). The summed E-state index contributed by atoms with van der Waals surface area (Å²) < 4.78 is 26.2. The topological polar surface area (TPSA) is 49.4 Å². The molecule has 1 aromatic heterocycles. The van der Waals surface area contributed by atoms with Crippen molar-refractivity contribution in [2.75, 3.05) is 27.2 Å². The molecular formula is C11H18N2O2S2. The second-order valence-electron chi connectivity index (χ2n) is 4.45. The summed E-state index contributed by atoms with van der Waals surface area (Å²) in [5.74, 6) is 0. The van der Waals surface area contributed by atoms with E-state index in [9.17, 15) is 8.42 Å². The molecule has 1 aromatic rings. The van der Waals surface area contributed by atoms with Gasteiger partial charge >= 0.3 is 0 Å². The Balaban J connectivity index is 2.52. The predicted octanol–water partition coefficient (Wildman–Crippen LogP) is 0.995. The molecule has 0 saturated heterocycles. The van der Waals surface area contributed by atoms with E-state index in [4.69, 9.17) is 0 Å². The highest BCUT2D eigenvalue weighted by molar-refractivity contribution is 7.91. The second kappa shape index (κ2) is 4.68. The average molecular weight is 274 g/mol. The third kappa shape index (κ3) is 2.27. The zero-order chi connectivity index (χ0) is 12.6. The highest BCUT2D eigenvalue weighted by atomic mass is 32.2. The van der Waals surface area contributed by atoms with Crippen LogP contribution in [-0.2, 0) is 22.9 Å². The number of hydrogen-bond acceptors (Lipinski definition) is 4. The van der Waals surface area contributed by atoms with Crippen LogP contribution < -0.4 is 5.32 Å². The van der Waals surface area contributed by atoms with E-state index in [0.29, 0.717) is 4.21 Å². The van der Waals surface area contributed by atoms with E-state index in [0.717, 1.165) is 31.5 Å². The molecule has 0 atom stereocenters. The number of nitrogens with one attached hydrogen (secondary N) is 1. The van der Waals surface area contributed by atoms with Crippen LogP contribution in [0.15, 0.2) is 4.21 Å². The third-order valence-corrected chi connectivity index (χ3v) is 6.91. The van der Waals surface area contributed by atoms with Crippen LogP contribution in [0, 0.1) is 6.92 Å². The minimum Gasteiger partial charge on any atom is -0.316 e. The number of nitrogens with zero attached hydrogens (tertiary/aromatic N) is 1. The first-order valence-corrected chi connectivity index (χ1v) is 7.94. The maximum atomic E-state index is 12.2. The molecule has 0 amide bonds. The molecule has 0 aromatic carbocycles. The first-order valence-electron chi connectivity index (χ1n) is 5.69. The fourth-order valence-electron chi connectivity index (χ4n) is 2.06. The maximum absolute atomic E-state index is 12.2. The van der Waals surface area contributed by atoms with Crippen molar-refractivity contribution in [3.8, 4) is 0 Å². The average Bonchev–Trinajstić information content (AvgIpc) is 2.47. The molecule has 0 spiro atoms. The smallest absolute Gasteiger partial charge is 0.252 e. The first-order chi connectivity index (χ1) is 7.94. The number of rotatable bonds is 2. The van der Waals surface area contributed by atoms with E-state index in [2.05, 4.69) is 5.32 Å².